The Bertz CT molecular complexity index is 1380. The standard InChI is InChI=1S/C26H26N4O4S/c1-16(31)29-24-11-19-20(13-27-22(19)14-28-24)21-12-23(33-7-4-17-3-2-10-35-17)18-5-8-34-26(25(18)30-21)6-9-32-15-26/h2-3,10-14,27H,4-9,15H2,1H3,(H,28,29,31). The fourth-order valence-electron chi connectivity index (χ4n) is 4.90. The van der Waals surface area contributed by atoms with Crippen LogP contribution in [0, 0.1) is 0 Å². The summed E-state index contributed by atoms with van der Waals surface area (Å²) in [6.07, 6.45) is 6.03. The summed E-state index contributed by atoms with van der Waals surface area (Å²) in [7, 11) is 0. The maximum Gasteiger partial charge on any atom is 0.222 e. The summed E-state index contributed by atoms with van der Waals surface area (Å²) in [6.45, 7) is 3.83. The number of nitrogens with zero attached hydrogens (tertiary/aromatic N) is 2. The van der Waals surface area contributed by atoms with Crippen molar-refractivity contribution in [3.05, 3.63) is 58.2 Å². The minimum atomic E-state index is -0.537. The van der Waals surface area contributed by atoms with Gasteiger partial charge in [0, 0.05) is 66.4 Å². The number of thiophene rings is 1. The lowest BCUT2D eigenvalue weighted by atomic mass is 9.89. The molecule has 1 atom stereocenters. The molecular formula is C26H26N4O4S. The van der Waals surface area contributed by atoms with Gasteiger partial charge < -0.3 is 24.5 Å². The molecule has 0 aliphatic carbocycles. The molecule has 0 saturated carbocycles. The Labute approximate surface area is 206 Å². The molecule has 0 bridgehead atoms. The number of carbonyl (C=O) groups excluding carboxylic acids is 1. The third-order valence-electron chi connectivity index (χ3n) is 6.56. The molecule has 1 amide bonds. The zero-order valence-electron chi connectivity index (χ0n) is 19.4. The molecule has 1 saturated heterocycles. The fourth-order valence-corrected chi connectivity index (χ4v) is 5.59. The number of hydrogen-bond acceptors (Lipinski definition) is 7. The molecule has 180 valence electrons. The van der Waals surface area contributed by atoms with Crippen LogP contribution in [0.2, 0.25) is 0 Å². The van der Waals surface area contributed by atoms with Gasteiger partial charge in [0.05, 0.1) is 42.9 Å². The molecule has 1 spiro atoms. The van der Waals surface area contributed by atoms with E-state index in [1.807, 2.05) is 18.3 Å². The van der Waals surface area contributed by atoms with Crippen molar-refractivity contribution >= 4 is 34.0 Å². The highest BCUT2D eigenvalue weighted by molar-refractivity contribution is 7.09. The van der Waals surface area contributed by atoms with Crippen LogP contribution in [0.5, 0.6) is 5.75 Å². The molecule has 6 rings (SSSR count). The second-order valence-electron chi connectivity index (χ2n) is 8.90. The number of pyridine rings is 2. The molecule has 2 aliphatic heterocycles. The van der Waals surface area contributed by atoms with Crippen molar-refractivity contribution in [1.82, 2.24) is 15.0 Å². The number of H-pyrrole nitrogens is 1. The topological polar surface area (TPSA) is 98.4 Å². The van der Waals surface area contributed by atoms with Gasteiger partial charge in [-0.15, -0.1) is 11.3 Å². The number of anilines is 1. The molecule has 35 heavy (non-hydrogen) atoms. The third-order valence-corrected chi connectivity index (χ3v) is 7.50. The van der Waals surface area contributed by atoms with E-state index in [1.54, 1.807) is 17.5 Å². The Morgan fingerprint density at radius 2 is 2.29 bits per heavy atom. The Kier molecular flexibility index (Phi) is 5.75. The van der Waals surface area contributed by atoms with Gasteiger partial charge in [0.1, 0.15) is 17.2 Å². The number of aromatic nitrogens is 3. The number of fused-ring (bicyclic) bond motifs is 3. The smallest absolute Gasteiger partial charge is 0.222 e. The SMILES string of the molecule is CC(=O)Nc1cc2c(-c3cc(OCCc4cccs4)c4c(n3)C3(CCOC3)OCC4)c[nH]c2cn1. The molecule has 2 N–H and O–H groups in total. The lowest BCUT2D eigenvalue weighted by Crippen LogP contribution is -2.37. The second-order valence-corrected chi connectivity index (χ2v) is 9.94. The normalized spacial score (nSPS) is 19.2. The van der Waals surface area contributed by atoms with Crippen LogP contribution in [0.25, 0.3) is 22.2 Å². The van der Waals surface area contributed by atoms with E-state index < -0.39 is 5.60 Å². The zero-order chi connectivity index (χ0) is 23.8. The van der Waals surface area contributed by atoms with Gasteiger partial charge in [-0.25, -0.2) is 9.97 Å². The molecule has 4 aromatic rings. The quantitative estimate of drug-likeness (QED) is 0.414. The summed E-state index contributed by atoms with van der Waals surface area (Å²) in [6, 6.07) is 8.09. The van der Waals surface area contributed by atoms with Crippen molar-refractivity contribution in [1.29, 1.82) is 0 Å². The lowest BCUT2D eigenvalue weighted by Gasteiger charge is -2.34. The average Bonchev–Trinajstić information content (AvgIpc) is 3.61. The second kappa shape index (κ2) is 9.07. The fraction of sp³-hybridized carbons (Fsp3) is 0.346. The van der Waals surface area contributed by atoms with Gasteiger partial charge in [0.15, 0.2) is 0 Å². The Hall–Kier alpha value is -3.27. The van der Waals surface area contributed by atoms with E-state index >= 15 is 0 Å². The van der Waals surface area contributed by atoms with Gasteiger partial charge in [-0.1, -0.05) is 6.07 Å². The summed E-state index contributed by atoms with van der Waals surface area (Å²) in [5.41, 5.74) is 4.05. The van der Waals surface area contributed by atoms with Gasteiger partial charge >= 0.3 is 0 Å². The van der Waals surface area contributed by atoms with Crippen LogP contribution in [0.3, 0.4) is 0 Å². The van der Waals surface area contributed by atoms with E-state index in [0.717, 1.165) is 58.4 Å². The molecule has 0 aromatic carbocycles. The number of carbonyl (C=O) groups is 1. The van der Waals surface area contributed by atoms with Crippen molar-refractivity contribution in [2.24, 2.45) is 0 Å². The first-order chi connectivity index (χ1) is 17.1. The molecule has 2 aliphatic rings. The van der Waals surface area contributed by atoms with Crippen molar-refractivity contribution in [3.63, 3.8) is 0 Å². The van der Waals surface area contributed by atoms with E-state index in [9.17, 15) is 4.79 Å². The number of hydrogen-bond donors (Lipinski definition) is 2. The van der Waals surface area contributed by atoms with Crippen molar-refractivity contribution < 1.29 is 19.0 Å². The summed E-state index contributed by atoms with van der Waals surface area (Å²) in [5.74, 6) is 1.18. The van der Waals surface area contributed by atoms with Gasteiger partial charge in [0.2, 0.25) is 5.91 Å². The summed E-state index contributed by atoms with van der Waals surface area (Å²) in [5, 5.41) is 5.78. The third kappa shape index (κ3) is 4.20. The number of aromatic amines is 1. The van der Waals surface area contributed by atoms with Gasteiger partial charge in [-0.2, -0.15) is 0 Å². The minimum Gasteiger partial charge on any atom is -0.493 e. The van der Waals surface area contributed by atoms with E-state index in [1.165, 1.54) is 11.8 Å². The largest absolute Gasteiger partial charge is 0.493 e. The van der Waals surface area contributed by atoms with Crippen molar-refractivity contribution in [3.8, 4) is 17.0 Å². The minimum absolute atomic E-state index is 0.164. The molecule has 0 radical (unpaired) electrons. The van der Waals surface area contributed by atoms with Crippen LogP contribution in [0.1, 0.15) is 29.5 Å². The highest BCUT2D eigenvalue weighted by Crippen LogP contribution is 2.43. The van der Waals surface area contributed by atoms with Gasteiger partial charge in [-0.3, -0.25) is 4.79 Å². The molecule has 4 aromatic heterocycles. The van der Waals surface area contributed by atoms with Crippen LogP contribution < -0.4 is 10.1 Å². The van der Waals surface area contributed by atoms with Gasteiger partial charge in [0.25, 0.3) is 0 Å². The van der Waals surface area contributed by atoms with Crippen LogP contribution in [-0.2, 0) is 32.7 Å². The van der Waals surface area contributed by atoms with Crippen molar-refractivity contribution in [2.75, 3.05) is 31.7 Å². The Morgan fingerprint density at radius 1 is 1.34 bits per heavy atom. The molecule has 1 unspecified atom stereocenters. The summed E-state index contributed by atoms with van der Waals surface area (Å²) < 4.78 is 18.4. The van der Waals surface area contributed by atoms with Crippen LogP contribution in [0.15, 0.2) is 42.0 Å². The number of ether oxygens (including phenoxy) is 3. The molecule has 6 heterocycles. The first kappa shape index (κ1) is 22.2. The average molecular weight is 491 g/mol. The summed E-state index contributed by atoms with van der Waals surface area (Å²) >= 11 is 1.74. The maximum atomic E-state index is 11.6. The predicted octanol–water partition coefficient (Wildman–Crippen LogP) is 4.45. The molecule has 9 heteroatoms. The van der Waals surface area contributed by atoms with E-state index in [4.69, 9.17) is 19.2 Å². The number of amides is 1. The van der Waals surface area contributed by atoms with Crippen LogP contribution in [-0.4, -0.2) is 47.3 Å². The number of rotatable bonds is 6. The summed E-state index contributed by atoms with van der Waals surface area (Å²) in [4.78, 5) is 25.6. The first-order valence-corrected chi connectivity index (χ1v) is 12.7. The van der Waals surface area contributed by atoms with Crippen molar-refractivity contribution in [2.45, 2.75) is 31.8 Å². The Balaban J connectivity index is 1.43. The molecular weight excluding hydrogens is 464 g/mol. The first-order valence-electron chi connectivity index (χ1n) is 11.8. The van der Waals surface area contributed by atoms with Crippen LogP contribution in [0.4, 0.5) is 5.82 Å². The van der Waals surface area contributed by atoms with E-state index in [-0.39, 0.29) is 5.91 Å². The van der Waals surface area contributed by atoms with Crippen LogP contribution >= 0.6 is 11.3 Å². The molecule has 1 fully saturated rings. The monoisotopic (exact) mass is 490 g/mol. The predicted molar refractivity (Wildman–Crippen MR) is 134 cm³/mol. The number of nitrogens with one attached hydrogen (secondary N) is 2. The van der Waals surface area contributed by atoms with E-state index in [2.05, 4.69) is 32.8 Å². The maximum absolute atomic E-state index is 11.6. The highest BCUT2D eigenvalue weighted by Gasteiger charge is 2.44. The van der Waals surface area contributed by atoms with E-state index in [0.29, 0.717) is 32.2 Å². The van der Waals surface area contributed by atoms with Gasteiger partial charge in [-0.05, 0) is 17.5 Å². The Morgan fingerprint density at radius 3 is 3.09 bits per heavy atom. The molecule has 8 nitrogen and oxygen atoms in total. The zero-order valence-corrected chi connectivity index (χ0v) is 20.2. The lowest BCUT2D eigenvalue weighted by molar-refractivity contribution is -0.114. The highest BCUT2D eigenvalue weighted by atomic mass is 32.1.